The molecule has 138 valence electrons. The summed E-state index contributed by atoms with van der Waals surface area (Å²) in [6, 6.07) is 3.90. The molecular formula is C17H30IN3O3. The zero-order valence-corrected chi connectivity index (χ0v) is 16.8. The van der Waals surface area contributed by atoms with Gasteiger partial charge in [0.1, 0.15) is 5.76 Å². The molecule has 6 nitrogen and oxygen atoms in total. The summed E-state index contributed by atoms with van der Waals surface area (Å²) in [6.45, 7) is 7.71. The minimum atomic E-state index is 0. The van der Waals surface area contributed by atoms with Crippen LogP contribution in [0.2, 0.25) is 0 Å². The number of halogens is 1. The minimum Gasteiger partial charge on any atom is -0.469 e. The Bertz CT molecular complexity index is 434. The van der Waals surface area contributed by atoms with Crippen LogP contribution in [0.4, 0.5) is 0 Å². The van der Waals surface area contributed by atoms with E-state index in [9.17, 15) is 0 Å². The maximum absolute atomic E-state index is 5.41. The number of rotatable bonds is 10. The minimum absolute atomic E-state index is 0. The van der Waals surface area contributed by atoms with Crippen LogP contribution in [0.5, 0.6) is 0 Å². The van der Waals surface area contributed by atoms with Crippen molar-refractivity contribution in [2.75, 3.05) is 46.1 Å². The van der Waals surface area contributed by atoms with E-state index in [0.29, 0.717) is 5.92 Å². The van der Waals surface area contributed by atoms with Gasteiger partial charge in [0.05, 0.1) is 12.9 Å². The normalized spacial score (nSPS) is 17.5. The molecule has 0 radical (unpaired) electrons. The van der Waals surface area contributed by atoms with Crippen molar-refractivity contribution in [2.45, 2.75) is 26.2 Å². The zero-order valence-electron chi connectivity index (χ0n) is 14.5. The summed E-state index contributed by atoms with van der Waals surface area (Å²) < 4.78 is 16.1. The smallest absolute Gasteiger partial charge is 0.191 e. The van der Waals surface area contributed by atoms with Gasteiger partial charge in [-0.05, 0) is 31.9 Å². The van der Waals surface area contributed by atoms with Crippen molar-refractivity contribution in [1.29, 1.82) is 0 Å². The first-order chi connectivity index (χ1) is 11.4. The highest BCUT2D eigenvalue weighted by molar-refractivity contribution is 14.0. The van der Waals surface area contributed by atoms with Gasteiger partial charge in [-0.2, -0.15) is 0 Å². The highest BCUT2D eigenvalue weighted by Crippen LogP contribution is 2.12. The van der Waals surface area contributed by atoms with Crippen LogP contribution in [-0.2, 0) is 15.9 Å². The van der Waals surface area contributed by atoms with Crippen LogP contribution in [0.15, 0.2) is 27.8 Å². The summed E-state index contributed by atoms with van der Waals surface area (Å²) in [7, 11) is 0. The fraction of sp³-hybridized carbons (Fsp3) is 0.706. The molecule has 2 rings (SSSR count). The quantitative estimate of drug-likeness (QED) is 0.248. The van der Waals surface area contributed by atoms with E-state index < -0.39 is 0 Å². The molecule has 0 aromatic carbocycles. The fourth-order valence-electron chi connectivity index (χ4n) is 2.41. The largest absolute Gasteiger partial charge is 0.469 e. The number of hydrogen-bond acceptors (Lipinski definition) is 4. The third-order valence-corrected chi connectivity index (χ3v) is 3.74. The summed E-state index contributed by atoms with van der Waals surface area (Å²) in [5.74, 6) is 2.39. The molecule has 0 spiro atoms. The second kappa shape index (κ2) is 13.5. The first-order valence-corrected chi connectivity index (χ1v) is 8.58. The van der Waals surface area contributed by atoms with Crippen molar-refractivity contribution in [3.63, 3.8) is 0 Å². The van der Waals surface area contributed by atoms with Crippen LogP contribution >= 0.6 is 24.0 Å². The molecule has 1 aromatic heterocycles. The first kappa shape index (κ1) is 21.2. The lowest BCUT2D eigenvalue weighted by Gasteiger charge is -2.13. The number of nitrogens with one attached hydrogen (secondary N) is 2. The number of nitrogens with zero attached hydrogens (tertiary/aromatic N) is 1. The van der Waals surface area contributed by atoms with Crippen molar-refractivity contribution in [3.05, 3.63) is 24.2 Å². The SMILES string of the molecule is CCOCCCNC(=NCC1CCOC1)NCCc1ccco1.I. The number of guanidine groups is 1. The Hall–Kier alpha value is -0.800. The van der Waals surface area contributed by atoms with Gasteiger partial charge in [-0.1, -0.05) is 0 Å². The molecule has 7 heteroatoms. The van der Waals surface area contributed by atoms with E-state index in [1.807, 2.05) is 19.1 Å². The topological polar surface area (TPSA) is 68.0 Å². The molecule has 1 atom stereocenters. The molecule has 1 fully saturated rings. The molecule has 0 aliphatic carbocycles. The van der Waals surface area contributed by atoms with E-state index in [2.05, 4.69) is 15.6 Å². The molecule has 1 aromatic rings. The van der Waals surface area contributed by atoms with Crippen LogP contribution in [0, 0.1) is 5.92 Å². The Morgan fingerprint density at radius 2 is 2.25 bits per heavy atom. The molecule has 1 aliphatic rings. The summed E-state index contributed by atoms with van der Waals surface area (Å²) in [5.41, 5.74) is 0. The first-order valence-electron chi connectivity index (χ1n) is 8.58. The summed E-state index contributed by atoms with van der Waals surface area (Å²) >= 11 is 0. The van der Waals surface area contributed by atoms with Gasteiger partial charge in [-0.3, -0.25) is 4.99 Å². The van der Waals surface area contributed by atoms with E-state index in [-0.39, 0.29) is 24.0 Å². The summed E-state index contributed by atoms with van der Waals surface area (Å²) in [4.78, 5) is 4.69. The van der Waals surface area contributed by atoms with E-state index in [0.717, 1.165) is 77.0 Å². The second-order valence-electron chi connectivity index (χ2n) is 5.65. The van der Waals surface area contributed by atoms with Gasteiger partial charge in [0, 0.05) is 51.8 Å². The molecule has 1 aliphatic heterocycles. The van der Waals surface area contributed by atoms with Crippen molar-refractivity contribution in [3.8, 4) is 0 Å². The third kappa shape index (κ3) is 8.89. The van der Waals surface area contributed by atoms with Gasteiger partial charge in [-0.25, -0.2) is 0 Å². The predicted octanol–water partition coefficient (Wildman–Crippen LogP) is 2.44. The Kier molecular flexibility index (Phi) is 11.9. The van der Waals surface area contributed by atoms with Gasteiger partial charge in [-0.15, -0.1) is 24.0 Å². The third-order valence-electron chi connectivity index (χ3n) is 3.74. The van der Waals surface area contributed by atoms with Crippen molar-refractivity contribution < 1.29 is 13.9 Å². The van der Waals surface area contributed by atoms with Crippen LogP contribution in [0.1, 0.15) is 25.5 Å². The van der Waals surface area contributed by atoms with E-state index >= 15 is 0 Å². The van der Waals surface area contributed by atoms with E-state index in [4.69, 9.17) is 13.9 Å². The summed E-state index contributed by atoms with van der Waals surface area (Å²) in [6.07, 6.45) is 4.63. The van der Waals surface area contributed by atoms with E-state index in [1.165, 1.54) is 0 Å². The highest BCUT2D eigenvalue weighted by Gasteiger charge is 2.15. The molecule has 2 heterocycles. The number of ether oxygens (including phenoxy) is 2. The number of aliphatic imine (C=N–C) groups is 1. The molecule has 24 heavy (non-hydrogen) atoms. The molecule has 1 unspecified atom stereocenters. The Morgan fingerprint density at radius 3 is 2.96 bits per heavy atom. The van der Waals surface area contributed by atoms with Gasteiger partial charge in [0.15, 0.2) is 5.96 Å². The van der Waals surface area contributed by atoms with Crippen LogP contribution in [-0.4, -0.2) is 52.0 Å². The Morgan fingerprint density at radius 1 is 1.38 bits per heavy atom. The zero-order chi connectivity index (χ0) is 16.2. The summed E-state index contributed by atoms with van der Waals surface area (Å²) in [5, 5.41) is 6.74. The monoisotopic (exact) mass is 451 g/mol. The Balaban J connectivity index is 0.00000288. The average Bonchev–Trinajstić information content (AvgIpc) is 3.25. The van der Waals surface area contributed by atoms with Gasteiger partial charge in [0.2, 0.25) is 0 Å². The molecule has 0 bridgehead atoms. The van der Waals surface area contributed by atoms with Crippen LogP contribution in [0.3, 0.4) is 0 Å². The maximum atomic E-state index is 5.41. The van der Waals surface area contributed by atoms with Crippen LogP contribution in [0.25, 0.3) is 0 Å². The van der Waals surface area contributed by atoms with Gasteiger partial charge in [0.25, 0.3) is 0 Å². The molecule has 0 amide bonds. The van der Waals surface area contributed by atoms with E-state index in [1.54, 1.807) is 6.26 Å². The average molecular weight is 451 g/mol. The molecule has 2 N–H and O–H groups in total. The fourth-order valence-corrected chi connectivity index (χ4v) is 2.41. The maximum Gasteiger partial charge on any atom is 0.191 e. The van der Waals surface area contributed by atoms with Crippen molar-refractivity contribution in [2.24, 2.45) is 10.9 Å². The Labute approximate surface area is 161 Å². The molecular weight excluding hydrogens is 421 g/mol. The lowest BCUT2D eigenvalue weighted by atomic mass is 10.1. The van der Waals surface area contributed by atoms with Crippen LogP contribution < -0.4 is 10.6 Å². The highest BCUT2D eigenvalue weighted by atomic mass is 127. The van der Waals surface area contributed by atoms with Crippen molar-refractivity contribution >= 4 is 29.9 Å². The molecule has 0 saturated carbocycles. The van der Waals surface area contributed by atoms with Gasteiger partial charge >= 0.3 is 0 Å². The standard InChI is InChI=1S/C17H29N3O3.HI/c1-2-21-10-4-8-18-17(20-13-15-7-12-22-14-15)19-9-6-16-5-3-11-23-16;/h3,5,11,15H,2,4,6-10,12-14H2,1H3,(H2,18,19,20);1H. The second-order valence-corrected chi connectivity index (χ2v) is 5.65. The number of hydrogen-bond donors (Lipinski definition) is 2. The predicted molar refractivity (Wildman–Crippen MR) is 106 cm³/mol. The molecule has 1 saturated heterocycles. The number of furan rings is 1. The van der Waals surface area contributed by atoms with Crippen molar-refractivity contribution in [1.82, 2.24) is 10.6 Å². The lowest BCUT2D eigenvalue weighted by Crippen LogP contribution is -2.39. The lowest BCUT2D eigenvalue weighted by molar-refractivity contribution is 0.145. The van der Waals surface area contributed by atoms with Gasteiger partial charge < -0.3 is 24.5 Å².